The number of rotatable bonds is 5. The molecule has 1 amide bonds. The summed E-state index contributed by atoms with van der Waals surface area (Å²) in [7, 11) is 4.04. The van der Waals surface area contributed by atoms with Crippen LogP contribution in [0.2, 0.25) is 0 Å². The largest absolute Gasteiger partial charge is 0.378 e. The van der Waals surface area contributed by atoms with Crippen LogP contribution in [0.5, 0.6) is 0 Å². The van der Waals surface area contributed by atoms with E-state index in [1.165, 1.54) is 0 Å². The van der Waals surface area contributed by atoms with Gasteiger partial charge in [-0.1, -0.05) is 24.3 Å². The summed E-state index contributed by atoms with van der Waals surface area (Å²) in [6, 6.07) is 15.8. The fraction of sp³-hybridized carbons (Fsp3) is 0.278. The van der Waals surface area contributed by atoms with Crippen LogP contribution in [0.1, 0.15) is 22.8 Å². The van der Waals surface area contributed by atoms with Gasteiger partial charge in [-0.15, -0.1) is 0 Å². The van der Waals surface area contributed by atoms with E-state index in [9.17, 15) is 4.79 Å². The highest BCUT2D eigenvalue weighted by atomic mass is 79.9. The van der Waals surface area contributed by atoms with E-state index in [1.54, 1.807) is 0 Å². The maximum absolute atomic E-state index is 12.7. The van der Waals surface area contributed by atoms with E-state index in [0.29, 0.717) is 18.7 Å². The minimum Gasteiger partial charge on any atom is -0.378 e. The first-order valence-corrected chi connectivity index (χ1v) is 8.12. The van der Waals surface area contributed by atoms with Gasteiger partial charge < -0.3 is 9.80 Å². The van der Waals surface area contributed by atoms with Crippen molar-refractivity contribution in [3.8, 4) is 0 Å². The lowest BCUT2D eigenvalue weighted by molar-refractivity contribution is 0.0751. The second-order valence-electron chi connectivity index (χ2n) is 5.36. The van der Waals surface area contributed by atoms with Gasteiger partial charge in [-0.25, -0.2) is 0 Å². The average molecular weight is 361 g/mol. The van der Waals surface area contributed by atoms with Crippen molar-refractivity contribution in [2.75, 3.05) is 25.5 Å². The Kier molecular flexibility index (Phi) is 5.61. The minimum absolute atomic E-state index is 0.0478. The van der Waals surface area contributed by atoms with Crippen LogP contribution in [0.4, 0.5) is 5.69 Å². The van der Waals surface area contributed by atoms with Crippen molar-refractivity contribution in [1.29, 1.82) is 0 Å². The van der Waals surface area contributed by atoms with Crippen molar-refractivity contribution in [2.45, 2.75) is 13.5 Å². The van der Waals surface area contributed by atoms with E-state index in [-0.39, 0.29) is 5.91 Å². The lowest BCUT2D eigenvalue weighted by Crippen LogP contribution is -2.30. The summed E-state index contributed by atoms with van der Waals surface area (Å²) in [4.78, 5) is 16.6. The van der Waals surface area contributed by atoms with Crippen molar-refractivity contribution in [2.24, 2.45) is 0 Å². The van der Waals surface area contributed by atoms with Crippen LogP contribution in [-0.2, 0) is 6.54 Å². The van der Waals surface area contributed by atoms with Gasteiger partial charge in [-0.3, -0.25) is 4.79 Å². The second kappa shape index (κ2) is 7.45. The topological polar surface area (TPSA) is 23.6 Å². The smallest absolute Gasteiger partial charge is 0.255 e. The highest BCUT2D eigenvalue weighted by molar-refractivity contribution is 9.10. The number of hydrogen-bond acceptors (Lipinski definition) is 2. The Hall–Kier alpha value is -1.81. The summed E-state index contributed by atoms with van der Waals surface area (Å²) in [5.74, 6) is 0.0478. The van der Waals surface area contributed by atoms with E-state index in [2.05, 4.69) is 45.1 Å². The zero-order valence-electron chi connectivity index (χ0n) is 13.2. The number of hydrogen-bond donors (Lipinski definition) is 0. The highest BCUT2D eigenvalue weighted by Gasteiger charge is 2.16. The number of halogens is 1. The summed E-state index contributed by atoms with van der Waals surface area (Å²) >= 11 is 3.45. The van der Waals surface area contributed by atoms with Crippen LogP contribution in [0.25, 0.3) is 0 Å². The first kappa shape index (κ1) is 16.6. The van der Waals surface area contributed by atoms with E-state index < -0.39 is 0 Å². The predicted octanol–water partition coefficient (Wildman–Crippen LogP) is 4.18. The lowest BCUT2D eigenvalue weighted by Gasteiger charge is -2.22. The molecule has 0 saturated heterocycles. The molecular weight excluding hydrogens is 340 g/mol. The van der Waals surface area contributed by atoms with Gasteiger partial charge in [-0.2, -0.15) is 0 Å². The van der Waals surface area contributed by atoms with Crippen molar-refractivity contribution in [1.82, 2.24) is 4.90 Å². The van der Waals surface area contributed by atoms with Crippen molar-refractivity contribution in [3.63, 3.8) is 0 Å². The zero-order valence-corrected chi connectivity index (χ0v) is 14.8. The molecule has 0 atom stereocenters. The number of benzene rings is 2. The summed E-state index contributed by atoms with van der Waals surface area (Å²) in [5, 5.41) is 0. The molecule has 2 aromatic rings. The van der Waals surface area contributed by atoms with Crippen LogP contribution in [0.15, 0.2) is 53.0 Å². The number of carbonyl (C=O) groups excluding carboxylic acids is 1. The minimum atomic E-state index is 0.0478. The SMILES string of the molecule is CCN(Cc1ccc(N(C)C)cc1)C(=O)c1ccccc1Br. The van der Waals surface area contributed by atoms with Crippen molar-refractivity contribution >= 4 is 27.5 Å². The van der Waals surface area contributed by atoms with E-state index in [1.807, 2.05) is 50.2 Å². The van der Waals surface area contributed by atoms with Gasteiger partial charge in [0, 0.05) is 37.3 Å². The lowest BCUT2D eigenvalue weighted by atomic mass is 10.1. The molecule has 4 heteroatoms. The Balaban J connectivity index is 2.15. The maximum Gasteiger partial charge on any atom is 0.255 e. The predicted molar refractivity (Wildman–Crippen MR) is 95.3 cm³/mol. The molecule has 0 saturated carbocycles. The molecule has 0 aromatic heterocycles. The number of amides is 1. The second-order valence-corrected chi connectivity index (χ2v) is 6.21. The van der Waals surface area contributed by atoms with Crippen molar-refractivity contribution < 1.29 is 4.79 Å². The van der Waals surface area contributed by atoms with Gasteiger partial charge in [0.1, 0.15) is 0 Å². The Morgan fingerprint density at radius 1 is 1.05 bits per heavy atom. The molecule has 3 nitrogen and oxygen atoms in total. The van der Waals surface area contributed by atoms with E-state index in [4.69, 9.17) is 0 Å². The standard InChI is InChI=1S/C18H21BrN2O/c1-4-21(18(22)16-7-5-6-8-17(16)19)13-14-9-11-15(12-10-14)20(2)3/h5-12H,4,13H2,1-3H3. The molecule has 2 rings (SSSR count). The average Bonchev–Trinajstić information content (AvgIpc) is 2.53. The van der Waals surface area contributed by atoms with Gasteiger partial charge >= 0.3 is 0 Å². The number of nitrogens with zero attached hydrogens (tertiary/aromatic N) is 2. The first-order valence-electron chi connectivity index (χ1n) is 7.33. The van der Waals surface area contributed by atoms with Gasteiger partial charge in [-0.05, 0) is 52.7 Å². The number of carbonyl (C=O) groups is 1. The fourth-order valence-corrected chi connectivity index (χ4v) is 2.71. The monoisotopic (exact) mass is 360 g/mol. The summed E-state index contributed by atoms with van der Waals surface area (Å²) < 4.78 is 0.835. The van der Waals surface area contributed by atoms with Crippen LogP contribution in [0.3, 0.4) is 0 Å². The molecule has 0 aliphatic carbocycles. The highest BCUT2D eigenvalue weighted by Crippen LogP contribution is 2.20. The molecule has 0 N–H and O–H groups in total. The number of anilines is 1. The third kappa shape index (κ3) is 3.89. The van der Waals surface area contributed by atoms with Crippen molar-refractivity contribution in [3.05, 3.63) is 64.1 Å². The third-order valence-corrected chi connectivity index (χ3v) is 4.29. The molecule has 22 heavy (non-hydrogen) atoms. The molecule has 0 aliphatic heterocycles. The molecule has 0 heterocycles. The molecule has 0 radical (unpaired) electrons. The molecule has 0 spiro atoms. The first-order chi connectivity index (χ1) is 10.5. The van der Waals surface area contributed by atoms with Gasteiger partial charge in [0.15, 0.2) is 0 Å². The van der Waals surface area contributed by atoms with Gasteiger partial charge in [0.2, 0.25) is 0 Å². The Bertz CT molecular complexity index is 638. The summed E-state index contributed by atoms with van der Waals surface area (Å²) in [6.45, 7) is 3.29. The molecule has 0 unspecified atom stereocenters. The quantitative estimate of drug-likeness (QED) is 0.798. The molecule has 2 aromatic carbocycles. The summed E-state index contributed by atoms with van der Waals surface area (Å²) in [5.41, 5.74) is 2.99. The third-order valence-electron chi connectivity index (χ3n) is 3.60. The van der Waals surface area contributed by atoms with Crippen LogP contribution in [0, 0.1) is 0 Å². The van der Waals surface area contributed by atoms with E-state index >= 15 is 0 Å². The normalized spacial score (nSPS) is 10.4. The Morgan fingerprint density at radius 3 is 2.23 bits per heavy atom. The maximum atomic E-state index is 12.7. The fourth-order valence-electron chi connectivity index (χ4n) is 2.25. The molecule has 0 aliphatic rings. The van der Waals surface area contributed by atoms with Gasteiger partial charge in [0.25, 0.3) is 5.91 Å². The zero-order chi connectivity index (χ0) is 16.1. The summed E-state index contributed by atoms with van der Waals surface area (Å²) in [6.07, 6.45) is 0. The molecule has 0 fully saturated rings. The van der Waals surface area contributed by atoms with Crippen LogP contribution >= 0.6 is 15.9 Å². The van der Waals surface area contributed by atoms with Crippen LogP contribution in [-0.4, -0.2) is 31.4 Å². The van der Waals surface area contributed by atoms with Gasteiger partial charge in [0.05, 0.1) is 5.56 Å². The van der Waals surface area contributed by atoms with Crippen LogP contribution < -0.4 is 4.90 Å². The molecule has 0 bridgehead atoms. The molecule has 116 valence electrons. The Labute approximate surface area is 140 Å². The Morgan fingerprint density at radius 2 is 1.68 bits per heavy atom. The van der Waals surface area contributed by atoms with E-state index in [0.717, 1.165) is 15.7 Å². The molecular formula is C18H21BrN2O.